The van der Waals surface area contributed by atoms with Gasteiger partial charge in [0.1, 0.15) is 10.7 Å². The maximum atomic E-state index is 12.0. The summed E-state index contributed by atoms with van der Waals surface area (Å²) in [6.07, 6.45) is 1.40. The van der Waals surface area contributed by atoms with Crippen LogP contribution in [0.15, 0.2) is 44.6 Å². The van der Waals surface area contributed by atoms with Gasteiger partial charge in [-0.15, -0.1) is 0 Å². The highest BCUT2D eigenvalue weighted by atomic mass is 35.5. The molecule has 1 aliphatic heterocycles. The van der Waals surface area contributed by atoms with Gasteiger partial charge in [0.15, 0.2) is 5.17 Å². The summed E-state index contributed by atoms with van der Waals surface area (Å²) in [6.45, 7) is 0. The van der Waals surface area contributed by atoms with Crippen molar-refractivity contribution in [3.8, 4) is 0 Å². The molecule has 1 fully saturated rings. The number of amides is 1. The second-order valence-corrected chi connectivity index (χ2v) is 6.30. The predicted molar refractivity (Wildman–Crippen MR) is 92.6 cm³/mol. The molecule has 2 heterocycles. The van der Waals surface area contributed by atoms with Gasteiger partial charge in [0.2, 0.25) is 0 Å². The number of amidine groups is 1. The van der Waals surface area contributed by atoms with Crippen molar-refractivity contribution in [2.75, 3.05) is 0 Å². The van der Waals surface area contributed by atoms with Crippen LogP contribution in [-0.4, -0.2) is 16.0 Å². The van der Waals surface area contributed by atoms with Crippen molar-refractivity contribution >= 4 is 63.7 Å². The van der Waals surface area contributed by atoms with Crippen molar-refractivity contribution in [2.24, 2.45) is 4.99 Å². The first-order chi connectivity index (χ1) is 11.4. The van der Waals surface area contributed by atoms with Crippen LogP contribution in [0.4, 0.5) is 11.6 Å². The number of nitrogens with zero attached hydrogens (tertiary/aromatic N) is 2. The van der Waals surface area contributed by atoms with Crippen molar-refractivity contribution in [1.82, 2.24) is 5.32 Å². The Kier molecular flexibility index (Phi) is 4.61. The number of nitro groups is 1. The van der Waals surface area contributed by atoms with E-state index in [1.165, 1.54) is 18.2 Å². The highest BCUT2D eigenvalue weighted by Crippen LogP contribution is 2.34. The Hall–Kier alpha value is -2.29. The fourth-order valence-corrected chi connectivity index (χ4v) is 2.97. The summed E-state index contributed by atoms with van der Waals surface area (Å²) in [5, 5.41) is 14.1. The number of furan rings is 1. The minimum atomic E-state index is -0.655. The Labute approximate surface area is 149 Å². The Morgan fingerprint density at radius 2 is 2.08 bits per heavy atom. The molecule has 0 atom stereocenters. The zero-order valence-electron chi connectivity index (χ0n) is 11.7. The first-order valence-electron chi connectivity index (χ1n) is 6.42. The SMILES string of the molecule is O=C1NC(=Nc2cccc(Cl)c2Cl)S/C1=C\c1ccc([N+](=O)[O-])o1. The van der Waals surface area contributed by atoms with Crippen molar-refractivity contribution < 1.29 is 14.1 Å². The third kappa shape index (κ3) is 3.45. The van der Waals surface area contributed by atoms with E-state index in [-0.39, 0.29) is 15.7 Å². The normalized spacial score (nSPS) is 17.5. The van der Waals surface area contributed by atoms with E-state index in [0.717, 1.165) is 11.8 Å². The molecule has 2 aromatic rings. The number of hydrogen-bond donors (Lipinski definition) is 1. The second-order valence-electron chi connectivity index (χ2n) is 4.49. The third-order valence-corrected chi connectivity index (χ3v) is 4.59. The minimum absolute atomic E-state index is 0.196. The number of carbonyl (C=O) groups is 1. The van der Waals surface area contributed by atoms with E-state index in [9.17, 15) is 14.9 Å². The predicted octanol–water partition coefficient (Wildman–Crippen LogP) is 4.39. The van der Waals surface area contributed by atoms with Crippen LogP contribution in [0.1, 0.15) is 5.76 Å². The topological polar surface area (TPSA) is 97.7 Å². The molecule has 1 amide bonds. The third-order valence-electron chi connectivity index (χ3n) is 2.87. The van der Waals surface area contributed by atoms with E-state index in [4.69, 9.17) is 27.6 Å². The summed E-state index contributed by atoms with van der Waals surface area (Å²) >= 11 is 13.0. The summed E-state index contributed by atoms with van der Waals surface area (Å²) in [6, 6.07) is 7.59. The smallest absolute Gasteiger partial charge is 0.401 e. The van der Waals surface area contributed by atoms with Gasteiger partial charge in [-0.05, 0) is 30.0 Å². The van der Waals surface area contributed by atoms with Gasteiger partial charge in [-0.1, -0.05) is 29.3 Å². The van der Waals surface area contributed by atoms with Crippen molar-refractivity contribution in [1.29, 1.82) is 0 Å². The molecule has 0 unspecified atom stereocenters. The van der Waals surface area contributed by atoms with Crippen LogP contribution in [0.25, 0.3) is 6.08 Å². The summed E-state index contributed by atoms with van der Waals surface area (Å²) in [5.74, 6) is -0.595. The molecule has 1 saturated heterocycles. The number of halogens is 2. The number of rotatable bonds is 3. The highest BCUT2D eigenvalue weighted by molar-refractivity contribution is 8.18. The van der Waals surface area contributed by atoms with Gasteiger partial charge in [-0.2, -0.15) is 0 Å². The molecule has 0 spiro atoms. The fourth-order valence-electron chi connectivity index (χ4n) is 1.82. The maximum absolute atomic E-state index is 12.0. The number of hydrogen-bond acceptors (Lipinski definition) is 6. The molecule has 1 aromatic heterocycles. The molecule has 3 rings (SSSR count). The highest BCUT2D eigenvalue weighted by Gasteiger charge is 2.25. The van der Waals surface area contributed by atoms with Gasteiger partial charge in [-0.25, -0.2) is 4.99 Å². The lowest BCUT2D eigenvalue weighted by Gasteiger charge is -2.00. The van der Waals surface area contributed by atoms with Gasteiger partial charge in [-0.3, -0.25) is 14.9 Å². The standard InChI is InChI=1S/C14H7Cl2N3O4S/c15-8-2-1-3-9(12(8)16)17-14-18-13(20)10(24-14)6-7-4-5-11(23-7)19(21)22/h1-6H,(H,17,18,20)/b10-6-. The van der Waals surface area contributed by atoms with Gasteiger partial charge in [0.05, 0.1) is 26.7 Å². The molecule has 1 N–H and O–H groups in total. The monoisotopic (exact) mass is 383 g/mol. The molecular formula is C14H7Cl2N3O4S. The molecule has 0 saturated carbocycles. The quantitative estimate of drug-likeness (QED) is 0.481. The van der Waals surface area contributed by atoms with E-state index < -0.39 is 16.7 Å². The molecule has 24 heavy (non-hydrogen) atoms. The van der Waals surface area contributed by atoms with Gasteiger partial charge in [0, 0.05) is 6.08 Å². The Balaban J connectivity index is 1.85. The average molecular weight is 384 g/mol. The van der Waals surface area contributed by atoms with Gasteiger partial charge in [0.25, 0.3) is 5.91 Å². The molecule has 0 bridgehead atoms. The lowest BCUT2D eigenvalue weighted by molar-refractivity contribution is -0.402. The van der Waals surface area contributed by atoms with E-state index in [1.54, 1.807) is 18.2 Å². The zero-order chi connectivity index (χ0) is 17.3. The molecule has 1 aliphatic rings. The van der Waals surface area contributed by atoms with Crippen LogP contribution >= 0.6 is 35.0 Å². The molecular weight excluding hydrogens is 377 g/mol. The number of aliphatic imine (C=N–C) groups is 1. The van der Waals surface area contributed by atoms with E-state index in [1.807, 2.05) is 0 Å². The van der Waals surface area contributed by atoms with Crippen molar-refractivity contribution in [3.63, 3.8) is 0 Å². The summed E-state index contributed by atoms with van der Waals surface area (Å²) in [7, 11) is 0. The molecule has 7 nitrogen and oxygen atoms in total. The number of nitrogens with one attached hydrogen (secondary N) is 1. The zero-order valence-corrected chi connectivity index (χ0v) is 14.0. The van der Waals surface area contributed by atoms with Crippen LogP contribution in [0, 0.1) is 10.1 Å². The van der Waals surface area contributed by atoms with Gasteiger partial charge >= 0.3 is 5.88 Å². The van der Waals surface area contributed by atoms with Crippen molar-refractivity contribution in [3.05, 3.63) is 61.2 Å². The van der Waals surface area contributed by atoms with Crippen LogP contribution in [0.3, 0.4) is 0 Å². The molecule has 1 aromatic carbocycles. The number of benzene rings is 1. The summed E-state index contributed by atoms with van der Waals surface area (Å²) in [5.41, 5.74) is 0.418. The lowest BCUT2D eigenvalue weighted by Crippen LogP contribution is -2.19. The average Bonchev–Trinajstić information content (AvgIpc) is 3.12. The number of thioether (sulfide) groups is 1. The minimum Gasteiger partial charge on any atom is -0.401 e. The lowest BCUT2D eigenvalue weighted by atomic mass is 10.3. The van der Waals surface area contributed by atoms with E-state index >= 15 is 0 Å². The molecule has 122 valence electrons. The van der Waals surface area contributed by atoms with Crippen LogP contribution in [0.5, 0.6) is 0 Å². The first-order valence-corrected chi connectivity index (χ1v) is 7.99. The summed E-state index contributed by atoms with van der Waals surface area (Å²) in [4.78, 5) is 26.4. The Morgan fingerprint density at radius 1 is 1.29 bits per heavy atom. The molecule has 0 aliphatic carbocycles. The largest absolute Gasteiger partial charge is 0.433 e. The van der Waals surface area contributed by atoms with Crippen LogP contribution < -0.4 is 5.32 Å². The second kappa shape index (κ2) is 6.68. The molecule has 0 radical (unpaired) electrons. The van der Waals surface area contributed by atoms with E-state index in [2.05, 4.69) is 10.3 Å². The first kappa shape index (κ1) is 16.6. The molecule has 10 heteroatoms. The Bertz CT molecular complexity index is 907. The fraction of sp³-hybridized carbons (Fsp3) is 0. The Morgan fingerprint density at radius 3 is 2.79 bits per heavy atom. The summed E-state index contributed by atoms with van der Waals surface area (Å²) < 4.78 is 5.00. The maximum Gasteiger partial charge on any atom is 0.433 e. The number of carbonyl (C=O) groups excluding carboxylic acids is 1. The van der Waals surface area contributed by atoms with Crippen molar-refractivity contribution in [2.45, 2.75) is 0 Å². The van der Waals surface area contributed by atoms with Crippen LogP contribution in [-0.2, 0) is 4.79 Å². The van der Waals surface area contributed by atoms with E-state index in [0.29, 0.717) is 15.9 Å². The van der Waals surface area contributed by atoms with Crippen LogP contribution in [0.2, 0.25) is 10.0 Å². The van der Waals surface area contributed by atoms with Gasteiger partial charge < -0.3 is 9.73 Å².